The highest BCUT2D eigenvalue weighted by Gasteiger charge is 2.57. The van der Waals surface area contributed by atoms with E-state index in [1.54, 1.807) is 12.0 Å². The summed E-state index contributed by atoms with van der Waals surface area (Å²) in [5.41, 5.74) is 10.4. The molecule has 2 aromatic carbocycles. The van der Waals surface area contributed by atoms with Gasteiger partial charge in [-0.15, -0.1) is 0 Å². The van der Waals surface area contributed by atoms with Gasteiger partial charge in [-0.1, -0.05) is 39.0 Å². The number of nitrogens with two attached hydrogens (primary N) is 1. The summed E-state index contributed by atoms with van der Waals surface area (Å²) in [6.45, 7) is 12.7. The fraction of sp³-hybridized carbons (Fsp3) is 0.641. The maximum atomic E-state index is 14.3. The Bertz CT molecular complexity index is 1510. The molecule has 5 N–H and O–H groups in total. The van der Waals surface area contributed by atoms with Crippen LogP contribution in [0.15, 0.2) is 36.4 Å². The Kier molecular flexibility index (Phi) is 11.8. The topological polar surface area (TPSA) is 133 Å². The number of rotatable bonds is 14. The second-order valence-corrected chi connectivity index (χ2v) is 15.7. The second kappa shape index (κ2) is 15.6. The van der Waals surface area contributed by atoms with E-state index in [0.29, 0.717) is 47.6 Å². The summed E-state index contributed by atoms with van der Waals surface area (Å²) >= 11 is 0. The van der Waals surface area contributed by atoms with E-state index in [4.69, 9.17) is 15.3 Å². The van der Waals surface area contributed by atoms with Crippen molar-refractivity contribution in [2.24, 2.45) is 34.8 Å². The molecule has 1 heterocycles. The fourth-order valence-electron chi connectivity index (χ4n) is 8.60. The first-order valence-electron chi connectivity index (χ1n) is 18.3. The zero-order valence-electron chi connectivity index (χ0n) is 31.5. The molecule has 2 bridgehead atoms. The number of likely N-dealkylation sites (N-methyl/N-ethyl adjacent to an activating group) is 1. The molecule has 1 unspecified atom stereocenters. The molecule has 8 atom stereocenters. The first kappa shape index (κ1) is 38.0. The largest absolute Gasteiger partial charge is 0.493 e. The van der Waals surface area contributed by atoms with Crippen molar-refractivity contribution in [3.63, 3.8) is 0 Å². The maximum absolute atomic E-state index is 14.3. The highest BCUT2D eigenvalue weighted by atomic mass is 16.7. The Morgan fingerprint density at radius 1 is 1.16 bits per heavy atom. The molecule has 4 fully saturated rings. The van der Waals surface area contributed by atoms with Crippen molar-refractivity contribution in [2.75, 3.05) is 59.3 Å². The number of nitrogens with one attached hydrogen (secondary N) is 2. The molecule has 6 rings (SSSR count). The van der Waals surface area contributed by atoms with Crippen molar-refractivity contribution in [3.05, 3.63) is 47.5 Å². The fourth-order valence-corrected chi connectivity index (χ4v) is 8.60. The summed E-state index contributed by atoms with van der Waals surface area (Å²) in [4.78, 5) is 38.0. The summed E-state index contributed by atoms with van der Waals surface area (Å²) in [5, 5.41) is 19.1. The predicted octanol–water partition coefficient (Wildman–Crippen LogP) is 3.74. The van der Waals surface area contributed by atoms with E-state index < -0.39 is 24.2 Å². The number of hydrogen-bond donors (Lipinski definition) is 4. The van der Waals surface area contributed by atoms with Gasteiger partial charge in [-0.2, -0.15) is 5.06 Å². The molecule has 3 aliphatic carbocycles. The van der Waals surface area contributed by atoms with Crippen LogP contribution in [0.5, 0.6) is 5.75 Å². The number of benzene rings is 2. The number of fused-ring (bicyclic) bond motifs is 2. The third-order valence-corrected chi connectivity index (χ3v) is 11.7. The predicted molar refractivity (Wildman–Crippen MR) is 198 cm³/mol. The van der Waals surface area contributed by atoms with E-state index in [2.05, 4.69) is 31.4 Å². The number of carbonyl (C=O) groups is 2. The van der Waals surface area contributed by atoms with Gasteiger partial charge in [-0.3, -0.25) is 14.4 Å². The number of ether oxygens (including phenoxy) is 1. The maximum Gasteiger partial charge on any atom is 0.251 e. The van der Waals surface area contributed by atoms with Gasteiger partial charge in [0.1, 0.15) is 11.8 Å². The Hall–Kier alpha value is -3.22. The minimum atomic E-state index is -0.811. The number of anilines is 1. The van der Waals surface area contributed by atoms with Gasteiger partial charge >= 0.3 is 0 Å². The van der Waals surface area contributed by atoms with Crippen molar-refractivity contribution in [2.45, 2.75) is 78.3 Å². The van der Waals surface area contributed by atoms with E-state index in [0.717, 1.165) is 35.3 Å². The van der Waals surface area contributed by atoms with Crippen LogP contribution >= 0.6 is 0 Å². The lowest BCUT2D eigenvalue weighted by molar-refractivity contribution is -0.176. The highest BCUT2D eigenvalue weighted by Crippen LogP contribution is 2.61. The number of hydroxylamine groups is 2. The molecule has 2 aromatic rings. The molecule has 0 aromatic heterocycles. The summed E-state index contributed by atoms with van der Waals surface area (Å²) in [5.74, 6) is 1.41. The lowest BCUT2D eigenvalue weighted by atomic mass is 9.45. The van der Waals surface area contributed by atoms with Crippen molar-refractivity contribution in [1.82, 2.24) is 20.6 Å². The molecule has 11 nitrogen and oxygen atoms in total. The molecule has 3 saturated carbocycles. The quantitative estimate of drug-likeness (QED) is 0.234. The van der Waals surface area contributed by atoms with Crippen LogP contribution in [0.2, 0.25) is 0 Å². The highest BCUT2D eigenvalue weighted by molar-refractivity contribution is 5.97. The van der Waals surface area contributed by atoms with Gasteiger partial charge in [0.05, 0.1) is 25.4 Å². The summed E-state index contributed by atoms with van der Waals surface area (Å²) in [7, 11) is 7.85. The lowest BCUT2D eigenvalue weighted by Crippen LogP contribution is -2.62. The first-order chi connectivity index (χ1) is 23.7. The van der Waals surface area contributed by atoms with Gasteiger partial charge in [0.15, 0.2) is 0 Å². The van der Waals surface area contributed by atoms with Crippen molar-refractivity contribution >= 4 is 17.5 Å². The van der Waals surface area contributed by atoms with E-state index in [1.807, 2.05) is 81.3 Å². The normalized spacial score (nSPS) is 27.8. The minimum Gasteiger partial charge on any atom is -0.493 e. The second-order valence-electron chi connectivity index (χ2n) is 15.7. The third-order valence-electron chi connectivity index (χ3n) is 11.7. The average molecular weight is 693 g/mol. The Morgan fingerprint density at radius 3 is 2.50 bits per heavy atom. The van der Waals surface area contributed by atoms with Crippen LogP contribution in [0.3, 0.4) is 0 Å². The van der Waals surface area contributed by atoms with Crippen LogP contribution in [-0.4, -0.2) is 106 Å². The average Bonchev–Trinajstić information content (AvgIpc) is 3.44. The van der Waals surface area contributed by atoms with Crippen LogP contribution < -0.4 is 26.0 Å². The number of aliphatic hydroxyl groups excluding tert-OH is 1. The number of aliphatic hydroxyl groups is 1. The smallest absolute Gasteiger partial charge is 0.251 e. The Balaban J connectivity index is 1.46. The van der Waals surface area contributed by atoms with Crippen LogP contribution in [0.25, 0.3) is 11.1 Å². The van der Waals surface area contributed by atoms with Crippen molar-refractivity contribution in [1.29, 1.82) is 0 Å². The SMILES string of the molecule is CCOc1c(CN2O[C@@H](CN)[C@@H]([C@H](C)O)[C@H]2C(=O)NC2C[C@H]3C[C@@H]([C@@H]2C)C3(C)C)cccc1-c1cc(C(=O)NCCN(C)C)cc(N(C)C)c1. The van der Waals surface area contributed by atoms with Crippen molar-refractivity contribution in [3.8, 4) is 16.9 Å². The van der Waals surface area contributed by atoms with Crippen LogP contribution in [-0.2, 0) is 16.2 Å². The number of nitrogens with zero attached hydrogens (tertiary/aromatic N) is 3. The molecule has 4 aliphatic rings. The molecule has 0 radical (unpaired) electrons. The monoisotopic (exact) mass is 692 g/mol. The van der Waals surface area contributed by atoms with Crippen LogP contribution in [0.1, 0.15) is 63.4 Å². The molecule has 276 valence electrons. The first-order valence-corrected chi connectivity index (χ1v) is 18.3. The molecule has 1 saturated heterocycles. The van der Waals surface area contributed by atoms with Crippen LogP contribution in [0, 0.1) is 29.1 Å². The van der Waals surface area contributed by atoms with E-state index in [-0.39, 0.29) is 30.9 Å². The molecular weight excluding hydrogens is 632 g/mol. The lowest BCUT2D eigenvalue weighted by Gasteiger charge is -2.62. The zero-order valence-corrected chi connectivity index (χ0v) is 31.5. The molecule has 2 amide bonds. The molecule has 11 heteroatoms. The van der Waals surface area contributed by atoms with E-state index >= 15 is 0 Å². The van der Waals surface area contributed by atoms with E-state index in [1.165, 1.54) is 6.42 Å². The minimum absolute atomic E-state index is 0.0771. The Labute approximate surface area is 298 Å². The summed E-state index contributed by atoms with van der Waals surface area (Å²) < 4.78 is 6.34. The summed E-state index contributed by atoms with van der Waals surface area (Å²) in [6, 6.07) is 11.1. The van der Waals surface area contributed by atoms with Crippen LogP contribution in [0.4, 0.5) is 5.69 Å². The van der Waals surface area contributed by atoms with Gasteiger partial charge < -0.3 is 36.0 Å². The third kappa shape index (κ3) is 7.67. The Morgan fingerprint density at radius 2 is 1.90 bits per heavy atom. The number of hydrogen-bond acceptors (Lipinski definition) is 9. The number of amides is 2. The molecular formula is C39H60N6O5. The standard InChI is InChI=1S/C39H60N6O5/c1-10-49-36-25(12-11-13-30(36)26-16-27(18-29(17-26)44(8)9)37(47)41-14-15-43(6)7)22-45-35(34(24(3)46)33(21-40)50-45)38(48)42-32-20-28-19-31(23(32)2)39(28,4)5/h11-13,16-18,23-24,28,31-35,46H,10,14-15,19-22,40H2,1-9H3,(H,41,47)(H,42,48)/t23-,24-,28+,31-,32?,33-,34+,35-/m0/s1. The van der Waals surface area contributed by atoms with Crippen molar-refractivity contribution < 1.29 is 24.3 Å². The molecule has 0 spiro atoms. The zero-order chi connectivity index (χ0) is 36.5. The number of para-hydroxylation sites is 1. The van der Waals surface area contributed by atoms with Gasteiger partial charge in [0.25, 0.3) is 5.91 Å². The summed E-state index contributed by atoms with van der Waals surface area (Å²) in [6.07, 6.45) is 0.851. The number of carbonyl (C=O) groups excluding carboxylic acids is 2. The van der Waals surface area contributed by atoms with Gasteiger partial charge in [0, 0.05) is 68.1 Å². The van der Waals surface area contributed by atoms with Gasteiger partial charge in [0.2, 0.25) is 5.91 Å². The van der Waals surface area contributed by atoms with Gasteiger partial charge in [-0.05, 0) is 87.7 Å². The molecule has 1 aliphatic heterocycles. The van der Waals surface area contributed by atoms with E-state index in [9.17, 15) is 14.7 Å². The van der Waals surface area contributed by atoms with Gasteiger partial charge in [-0.25, -0.2) is 0 Å². The molecule has 50 heavy (non-hydrogen) atoms.